The second kappa shape index (κ2) is 5.52. The summed E-state index contributed by atoms with van der Waals surface area (Å²) in [7, 11) is 0. The number of unbranched alkanes of at least 4 members (excludes halogenated alkanes) is 3. The van der Waals surface area contributed by atoms with Crippen molar-refractivity contribution in [3.05, 3.63) is 17.5 Å². The molecule has 0 aliphatic carbocycles. The monoisotopic (exact) mass is 240 g/mol. The quantitative estimate of drug-likeness (QED) is 0.651. The zero-order chi connectivity index (χ0) is 10.5. The van der Waals surface area contributed by atoms with Crippen LogP contribution < -0.4 is 4.74 Å². The molecule has 0 spiro atoms. The van der Waals surface area contributed by atoms with Crippen molar-refractivity contribution in [2.75, 3.05) is 6.61 Å². The highest BCUT2D eigenvalue weighted by Gasteiger charge is 2.02. The number of hydrogen-bond donors (Lipinski definition) is 0. The van der Waals surface area contributed by atoms with Gasteiger partial charge in [-0.1, -0.05) is 37.5 Å². The molecule has 15 heavy (non-hydrogen) atoms. The molecule has 0 aliphatic rings. The second-order valence-corrected chi connectivity index (χ2v) is 5.62. The SMILES string of the molecule is CCCCCCOc1cc2sccc2s1. The molecule has 0 radical (unpaired) electrons. The maximum atomic E-state index is 5.72. The highest BCUT2D eigenvalue weighted by molar-refractivity contribution is 7.27. The van der Waals surface area contributed by atoms with Gasteiger partial charge in [0.25, 0.3) is 0 Å². The van der Waals surface area contributed by atoms with Gasteiger partial charge in [0, 0.05) is 15.5 Å². The Morgan fingerprint density at radius 1 is 1.20 bits per heavy atom. The van der Waals surface area contributed by atoms with Crippen LogP contribution in [0.5, 0.6) is 5.06 Å². The van der Waals surface area contributed by atoms with E-state index in [1.807, 2.05) is 0 Å². The van der Waals surface area contributed by atoms with E-state index < -0.39 is 0 Å². The molecule has 2 heterocycles. The fourth-order valence-electron chi connectivity index (χ4n) is 1.52. The smallest absolute Gasteiger partial charge is 0.175 e. The fraction of sp³-hybridized carbons (Fsp3) is 0.500. The molecule has 0 aliphatic heterocycles. The van der Waals surface area contributed by atoms with Crippen LogP contribution in [0.15, 0.2) is 17.5 Å². The van der Waals surface area contributed by atoms with Crippen molar-refractivity contribution in [2.24, 2.45) is 0 Å². The third-order valence-electron chi connectivity index (χ3n) is 2.36. The van der Waals surface area contributed by atoms with Gasteiger partial charge in [0.2, 0.25) is 0 Å². The standard InChI is InChI=1S/C12H16OS2/c1-2-3-4-5-7-13-12-9-11-10(15-12)6-8-14-11/h6,8-9H,2-5,7H2,1H3. The van der Waals surface area contributed by atoms with Crippen LogP contribution in [0.4, 0.5) is 0 Å². The summed E-state index contributed by atoms with van der Waals surface area (Å²) in [6.07, 6.45) is 5.08. The number of rotatable bonds is 6. The zero-order valence-electron chi connectivity index (χ0n) is 8.99. The van der Waals surface area contributed by atoms with Gasteiger partial charge in [0.1, 0.15) is 0 Å². The Morgan fingerprint density at radius 3 is 2.93 bits per heavy atom. The lowest BCUT2D eigenvalue weighted by Crippen LogP contribution is -1.94. The first kappa shape index (κ1) is 11.0. The predicted octanol–water partition coefficient (Wildman–Crippen LogP) is 4.92. The molecule has 82 valence electrons. The molecule has 0 saturated heterocycles. The lowest BCUT2D eigenvalue weighted by molar-refractivity contribution is 0.314. The van der Waals surface area contributed by atoms with Gasteiger partial charge >= 0.3 is 0 Å². The van der Waals surface area contributed by atoms with Crippen molar-refractivity contribution in [3.8, 4) is 5.06 Å². The minimum Gasteiger partial charge on any atom is -0.484 e. The average Bonchev–Trinajstić information content (AvgIpc) is 2.77. The average molecular weight is 240 g/mol. The molecule has 1 nitrogen and oxygen atoms in total. The summed E-state index contributed by atoms with van der Waals surface area (Å²) in [5.74, 6) is 0. The van der Waals surface area contributed by atoms with Crippen LogP contribution in [0.1, 0.15) is 32.6 Å². The molecule has 2 aromatic heterocycles. The summed E-state index contributed by atoms with van der Waals surface area (Å²) >= 11 is 3.54. The summed E-state index contributed by atoms with van der Waals surface area (Å²) in [4.78, 5) is 0. The van der Waals surface area contributed by atoms with E-state index in [4.69, 9.17) is 4.74 Å². The number of fused-ring (bicyclic) bond motifs is 1. The second-order valence-electron chi connectivity index (χ2n) is 3.62. The molecule has 0 atom stereocenters. The van der Waals surface area contributed by atoms with Crippen molar-refractivity contribution in [1.82, 2.24) is 0 Å². The van der Waals surface area contributed by atoms with Crippen LogP contribution >= 0.6 is 22.7 Å². The van der Waals surface area contributed by atoms with Gasteiger partial charge in [-0.25, -0.2) is 0 Å². The Morgan fingerprint density at radius 2 is 2.13 bits per heavy atom. The first-order valence-electron chi connectivity index (χ1n) is 5.50. The van der Waals surface area contributed by atoms with E-state index >= 15 is 0 Å². The third kappa shape index (κ3) is 2.95. The molecule has 0 aromatic carbocycles. The van der Waals surface area contributed by atoms with E-state index in [1.165, 1.54) is 35.1 Å². The summed E-state index contributed by atoms with van der Waals surface area (Å²) in [6.45, 7) is 3.10. The molecule has 0 fully saturated rings. The molecule has 2 aromatic rings. The van der Waals surface area contributed by atoms with Crippen LogP contribution in [-0.2, 0) is 0 Å². The first-order chi connectivity index (χ1) is 7.40. The van der Waals surface area contributed by atoms with E-state index in [0.717, 1.165) is 11.7 Å². The van der Waals surface area contributed by atoms with Gasteiger partial charge in [0.15, 0.2) is 5.06 Å². The topological polar surface area (TPSA) is 9.23 Å². The van der Waals surface area contributed by atoms with Gasteiger partial charge in [-0.3, -0.25) is 0 Å². The highest BCUT2D eigenvalue weighted by Crippen LogP contribution is 2.35. The van der Waals surface area contributed by atoms with E-state index in [9.17, 15) is 0 Å². The van der Waals surface area contributed by atoms with Gasteiger partial charge in [-0.05, 0) is 17.9 Å². The molecule has 0 amide bonds. The van der Waals surface area contributed by atoms with Gasteiger partial charge in [0.05, 0.1) is 6.61 Å². The van der Waals surface area contributed by atoms with Crippen LogP contribution in [0.3, 0.4) is 0 Å². The Hall–Kier alpha value is -0.540. The third-order valence-corrected chi connectivity index (χ3v) is 4.36. The van der Waals surface area contributed by atoms with Crippen molar-refractivity contribution < 1.29 is 4.74 Å². The van der Waals surface area contributed by atoms with Crippen molar-refractivity contribution in [1.29, 1.82) is 0 Å². The maximum absolute atomic E-state index is 5.72. The summed E-state index contributed by atoms with van der Waals surface area (Å²) in [5.41, 5.74) is 0. The first-order valence-corrected chi connectivity index (χ1v) is 7.19. The molecule has 0 N–H and O–H groups in total. The van der Waals surface area contributed by atoms with E-state index in [-0.39, 0.29) is 0 Å². The Balaban J connectivity index is 1.77. The summed E-state index contributed by atoms with van der Waals surface area (Å²) in [5, 5.41) is 3.21. The number of thiophene rings is 2. The molecule has 3 heteroatoms. The lowest BCUT2D eigenvalue weighted by Gasteiger charge is -2.01. The van der Waals surface area contributed by atoms with Gasteiger partial charge < -0.3 is 4.74 Å². The summed E-state index contributed by atoms with van der Waals surface area (Å²) < 4.78 is 8.42. The Bertz CT molecular complexity index is 374. The molecule has 0 bridgehead atoms. The largest absolute Gasteiger partial charge is 0.484 e. The van der Waals surface area contributed by atoms with Crippen molar-refractivity contribution in [2.45, 2.75) is 32.6 Å². The van der Waals surface area contributed by atoms with Crippen LogP contribution in [-0.4, -0.2) is 6.61 Å². The fourth-order valence-corrected chi connectivity index (χ4v) is 3.49. The molecular formula is C12H16OS2. The molecule has 0 unspecified atom stereocenters. The number of ether oxygens (including phenoxy) is 1. The highest BCUT2D eigenvalue weighted by atomic mass is 32.1. The van der Waals surface area contributed by atoms with Crippen LogP contribution in [0.2, 0.25) is 0 Å². The van der Waals surface area contributed by atoms with Crippen LogP contribution in [0.25, 0.3) is 9.40 Å². The summed E-state index contributed by atoms with van der Waals surface area (Å²) in [6, 6.07) is 4.32. The zero-order valence-corrected chi connectivity index (χ0v) is 10.6. The minimum atomic E-state index is 0.869. The van der Waals surface area contributed by atoms with Crippen molar-refractivity contribution >= 4 is 32.1 Å². The number of hydrogen-bond acceptors (Lipinski definition) is 3. The van der Waals surface area contributed by atoms with E-state index in [1.54, 1.807) is 22.7 Å². The van der Waals surface area contributed by atoms with E-state index in [0.29, 0.717) is 0 Å². The predicted molar refractivity (Wildman–Crippen MR) is 69.3 cm³/mol. The Labute approximate surface area is 98.7 Å². The molecule has 2 rings (SSSR count). The normalized spacial score (nSPS) is 11.0. The van der Waals surface area contributed by atoms with Crippen molar-refractivity contribution in [3.63, 3.8) is 0 Å². The Kier molecular flexibility index (Phi) is 4.03. The lowest BCUT2D eigenvalue weighted by atomic mass is 10.2. The van der Waals surface area contributed by atoms with Crippen LogP contribution in [0, 0.1) is 0 Å². The van der Waals surface area contributed by atoms with E-state index in [2.05, 4.69) is 24.4 Å². The molecular weight excluding hydrogens is 224 g/mol. The maximum Gasteiger partial charge on any atom is 0.175 e. The molecule has 0 saturated carbocycles. The minimum absolute atomic E-state index is 0.869. The van der Waals surface area contributed by atoms with Gasteiger partial charge in [-0.15, -0.1) is 11.3 Å². The van der Waals surface area contributed by atoms with Gasteiger partial charge in [-0.2, -0.15) is 0 Å².